The summed E-state index contributed by atoms with van der Waals surface area (Å²) in [6.07, 6.45) is 0. The van der Waals surface area contributed by atoms with E-state index in [0.29, 0.717) is 17.9 Å². The van der Waals surface area contributed by atoms with Gasteiger partial charge >= 0.3 is 0 Å². The Balaban J connectivity index is 2.16. The fraction of sp³-hybridized carbons (Fsp3) is 0.438. The zero-order valence-corrected chi connectivity index (χ0v) is 13.2. The first-order valence-corrected chi connectivity index (χ1v) is 6.98. The fourth-order valence-electron chi connectivity index (χ4n) is 2.58. The van der Waals surface area contributed by atoms with Crippen LogP contribution in [0.4, 0.5) is 4.39 Å². The van der Waals surface area contributed by atoms with E-state index in [1.54, 1.807) is 12.1 Å². The lowest BCUT2D eigenvalue weighted by molar-refractivity contribution is 0.248. The number of nitrogens with zero attached hydrogens (tertiary/aromatic N) is 2. The maximum Gasteiger partial charge on any atom is 0.131 e. The average molecular weight is 291 g/mol. The summed E-state index contributed by atoms with van der Waals surface area (Å²) in [4.78, 5) is 2.11. The van der Waals surface area contributed by atoms with Gasteiger partial charge in [-0.3, -0.25) is 10.00 Å². The van der Waals surface area contributed by atoms with Crippen LogP contribution in [0.5, 0.6) is 5.75 Å². The molecule has 114 valence electrons. The molecule has 0 aliphatic rings. The summed E-state index contributed by atoms with van der Waals surface area (Å²) in [6, 6.07) is 5.13. The Labute approximate surface area is 124 Å². The van der Waals surface area contributed by atoms with Gasteiger partial charge in [0.25, 0.3) is 0 Å². The van der Waals surface area contributed by atoms with Crippen molar-refractivity contribution < 1.29 is 9.13 Å². The topological polar surface area (TPSA) is 41.1 Å². The van der Waals surface area contributed by atoms with E-state index in [9.17, 15) is 4.39 Å². The van der Waals surface area contributed by atoms with Crippen molar-refractivity contribution in [3.63, 3.8) is 0 Å². The number of aromatic amines is 1. The van der Waals surface area contributed by atoms with Crippen molar-refractivity contribution in [2.75, 3.05) is 14.2 Å². The molecule has 0 unspecified atom stereocenters. The number of methoxy groups -OCH3 is 1. The molecule has 1 atom stereocenters. The molecule has 2 aromatic rings. The van der Waals surface area contributed by atoms with Crippen molar-refractivity contribution in [1.29, 1.82) is 0 Å². The van der Waals surface area contributed by atoms with Gasteiger partial charge in [0, 0.05) is 35.5 Å². The second-order valence-electron chi connectivity index (χ2n) is 5.40. The van der Waals surface area contributed by atoms with Crippen LogP contribution >= 0.6 is 0 Å². The van der Waals surface area contributed by atoms with Gasteiger partial charge in [0.15, 0.2) is 0 Å². The lowest BCUT2D eigenvalue weighted by atomic mass is 10.0. The summed E-state index contributed by atoms with van der Waals surface area (Å²) in [5, 5.41) is 7.22. The minimum atomic E-state index is -0.242. The van der Waals surface area contributed by atoms with Gasteiger partial charge in [-0.05, 0) is 33.9 Å². The van der Waals surface area contributed by atoms with E-state index < -0.39 is 0 Å². The van der Waals surface area contributed by atoms with Crippen LogP contribution < -0.4 is 4.74 Å². The normalized spacial score (nSPS) is 12.7. The molecule has 0 bridgehead atoms. The van der Waals surface area contributed by atoms with Gasteiger partial charge in [0.05, 0.1) is 12.8 Å². The summed E-state index contributed by atoms with van der Waals surface area (Å²) in [5.74, 6) is 0.294. The maximum atomic E-state index is 14.0. The largest absolute Gasteiger partial charge is 0.497 e. The number of hydrogen-bond donors (Lipinski definition) is 1. The van der Waals surface area contributed by atoms with Crippen LogP contribution in [0.3, 0.4) is 0 Å². The predicted molar refractivity (Wildman–Crippen MR) is 80.9 cm³/mol. The van der Waals surface area contributed by atoms with Crippen LogP contribution in [0.2, 0.25) is 0 Å². The number of ether oxygens (including phenoxy) is 1. The van der Waals surface area contributed by atoms with Gasteiger partial charge in [0.1, 0.15) is 11.6 Å². The van der Waals surface area contributed by atoms with Gasteiger partial charge in [-0.2, -0.15) is 5.10 Å². The number of rotatable bonds is 5. The van der Waals surface area contributed by atoms with Crippen molar-refractivity contribution in [3.05, 3.63) is 46.5 Å². The van der Waals surface area contributed by atoms with E-state index in [0.717, 1.165) is 11.4 Å². The van der Waals surface area contributed by atoms with Crippen molar-refractivity contribution >= 4 is 0 Å². The number of benzene rings is 1. The highest BCUT2D eigenvalue weighted by Gasteiger charge is 2.19. The van der Waals surface area contributed by atoms with E-state index in [4.69, 9.17) is 4.74 Å². The standard InChI is InChI=1S/C16H22FN3O/c1-10-16(11(2)19-18-10)12(3)20(4)9-13-6-7-14(21-5)8-15(13)17/h6-8,12H,9H2,1-5H3,(H,18,19)/t12-/m1/s1. The van der Waals surface area contributed by atoms with E-state index in [1.807, 2.05) is 20.9 Å². The Bertz CT molecular complexity index is 604. The zero-order chi connectivity index (χ0) is 15.6. The van der Waals surface area contributed by atoms with Crippen LogP contribution in [0.25, 0.3) is 0 Å². The molecule has 0 amide bonds. The number of H-pyrrole nitrogens is 1. The minimum Gasteiger partial charge on any atom is -0.497 e. The monoisotopic (exact) mass is 291 g/mol. The third-order valence-electron chi connectivity index (χ3n) is 3.94. The molecule has 0 radical (unpaired) electrons. The van der Waals surface area contributed by atoms with Crippen LogP contribution in [-0.2, 0) is 6.54 Å². The van der Waals surface area contributed by atoms with Gasteiger partial charge in [-0.25, -0.2) is 4.39 Å². The number of hydrogen-bond acceptors (Lipinski definition) is 3. The number of halogens is 1. The van der Waals surface area contributed by atoms with Gasteiger partial charge in [-0.1, -0.05) is 6.07 Å². The second-order valence-corrected chi connectivity index (χ2v) is 5.40. The minimum absolute atomic E-state index is 0.158. The van der Waals surface area contributed by atoms with Crippen LogP contribution in [0.15, 0.2) is 18.2 Å². The SMILES string of the molecule is COc1ccc(CN(C)[C@H](C)c2c(C)n[nH]c2C)c(F)c1. The summed E-state index contributed by atoms with van der Waals surface area (Å²) < 4.78 is 19.1. The molecule has 0 aliphatic carbocycles. The quantitative estimate of drug-likeness (QED) is 0.918. The van der Waals surface area contributed by atoms with Gasteiger partial charge in [-0.15, -0.1) is 0 Å². The van der Waals surface area contributed by atoms with E-state index in [2.05, 4.69) is 22.0 Å². The van der Waals surface area contributed by atoms with E-state index >= 15 is 0 Å². The zero-order valence-electron chi connectivity index (χ0n) is 13.2. The van der Waals surface area contributed by atoms with Crippen LogP contribution in [0, 0.1) is 19.7 Å². The molecule has 1 aromatic carbocycles. The lowest BCUT2D eigenvalue weighted by Gasteiger charge is -2.25. The van der Waals surface area contributed by atoms with Crippen LogP contribution in [0.1, 0.15) is 35.5 Å². The third kappa shape index (κ3) is 3.24. The Kier molecular flexibility index (Phi) is 4.63. The molecule has 4 nitrogen and oxygen atoms in total. The van der Waals surface area contributed by atoms with Crippen molar-refractivity contribution in [1.82, 2.24) is 15.1 Å². The first-order valence-electron chi connectivity index (χ1n) is 6.98. The highest BCUT2D eigenvalue weighted by atomic mass is 19.1. The highest BCUT2D eigenvalue weighted by Crippen LogP contribution is 2.26. The first kappa shape index (κ1) is 15.5. The molecular weight excluding hydrogens is 269 g/mol. The highest BCUT2D eigenvalue weighted by molar-refractivity contribution is 5.30. The molecule has 0 fully saturated rings. The number of aryl methyl sites for hydroxylation is 2. The summed E-state index contributed by atoms with van der Waals surface area (Å²) in [6.45, 7) is 6.62. The van der Waals surface area contributed by atoms with Gasteiger partial charge < -0.3 is 4.74 Å². The fourth-order valence-corrected chi connectivity index (χ4v) is 2.58. The molecule has 5 heteroatoms. The molecule has 1 N–H and O–H groups in total. The Hall–Kier alpha value is -1.88. The summed E-state index contributed by atoms with van der Waals surface area (Å²) >= 11 is 0. The average Bonchev–Trinajstić information content (AvgIpc) is 2.79. The van der Waals surface area contributed by atoms with Gasteiger partial charge in [0.2, 0.25) is 0 Å². The van der Waals surface area contributed by atoms with E-state index in [1.165, 1.54) is 18.7 Å². The molecule has 21 heavy (non-hydrogen) atoms. The predicted octanol–water partition coefficient (Wildman–Crippen LogP) is 3.37. The summed E-state index contributed by atoms with van der Waals surface area (Å²) in [5.41, 5.74) is 3.87. The van der Waals surface area contributed by atoms with Crippen molar-refractivity contribution in [2.45, 2.75) is 33.4 Å². The van der Waals surface area contributed by atoms with Crippen molar-refractivity contribution in [2.24, 2.45) is 0 Å². The molecule has 1 heterocycles. The Morgan fingerprint density at radius 1 is 1.38 bits per heavy atom. The molecule has 2 rings (SSSR count). The van der Waals surface area contributed by atoms with Crippen LogP contribution in [-0.4, -0.2) is 29.3 Å². The molecule has 0 saturated carbocycles. The summed E-state index contributed by atoms with van der Waals surface area (Å²) in [7, 11) is 3.52. The smallest absolute Gasteiger partial charge is 0.131 e. The Morgan fingerprint density at radius 2 is 2.10 bits per heavy atom. The number of nitrogens with one attached hydrogen (secondary N) is 1. The lowest BCUT2D eigenvalue weighted by Crippen LogP contribution is -2.23. The maximum absolute atomic E-state index is 14.0. The number of aromatic nitrogens is 2. The molecular formula is C16H22FN3O. The second kappa shape index (κ2) is 6.26. The molecule has 0 spiro atoms. The molecule has 1 aromatic heterocycles. The first-order chi connectivity index (χ1) is 9.93. The molecule has 0 aliphatic heterocycles. The van der Waals surface area contributed by atoms with E-state index in [-0.39, 0.29) is 11.9 Å². The van der Waals surface area contributed by atoms with Crippen molar-refractivity contribution in [3.8, 4) is 5.75 Å². The molecule has 0 saturated heterocycles. The third-order valence-corrected chi connectivity index (χ3v) is 3.94. The Morgan fingerprint density at radius 3 is 2.62 bits per heavy atom.